The maximum absolute atomic E-state index is 12.4. The molecule has 0 bridgehead atoms. The van der Waals surface area contributed by atoms with Crippen molar-refractivity contribution in [2.75, 3.05) is 43.9 Å². The van der Waals surface area contributed by atoms with Crippen LogP contribution >= 0.6 is 0 Å². The van der Waals surface area contributed by atoms with E-state index in [-0.39, 0.29) is 24.4 Å². The molecule has 2 aliphatic heterocycles. The largest absolute Gasteiger partial charge is 0.333 e. The van der Waals surface area contributed by atoms with E-state index in [2.05, 4.69) is 5.32 Å². The van der Waals surface area contributed by atoms with Gasteiger partial charge in [0.1, 0.15) is 0 Å². The average Bonchev–Trinajstić information content (AvgIpc) is 2.95. The number of para-hydroxylation sites is 1. The van der Waals surface area contributed by atoms with Crippen molar-refractivity contribution in [3.63, 3.8) is 0 Å². The lowest BCUT2D eigenvalue weighted by Crippen LogP contribution is -2.54. The van der Waals surface area contributed by atoms with Gasteiger partial charge in [0.05, 0.1) is 12.3 Å². The average molecular weight is 366 g/mol. The summed E-state index contributed by atoms with van der Waals surface area (Å²) in [6, 6.07) is 8.87. The van der Waals surface area contributed by atoms with Crippen LogP contribution < -0.4 is 10.2 Å². The maximum Gasteiger partial charge on any atom is 0.317 e. The Balaban J connectivity index is 1.54. The fourth-order valence-corrected chi connectivity index (χ4v) is 3.98. The summed E-state index contributed by atoms with van der Waals surface area (Å²) in [7, 11) is -3.22. The molecule has 1 N–H and O–H groups in total. The van der Waals surface area contributed by atoms with Gasteiger partial charge in [-0.05, 0) is 12.1 Å². The lowest BCUT2D eigenvalue weighted by atomic mass is 10.2. The molecule has 1 unspecified atom stereocenters. The van der Waals surface area contributed by atoms with Crippen LogP contribution in [0.1, 0.15) is 6.42 Å². The van der Waals surface area contributed by atoms with E-state index in [4.69, 9.17) is 0 Å². The fraction of sp³-hybridized carbons (Fsp3) is 0.500. The van der Waals surface area contributed by atoms with E-state index in [9.17, 15) is 18.0 Å². The van der Waals surface area contributed by atoms with Gasteiger partial charge >= 0.3 is 6.03 Å². The Morgan fingerprint density at radius 1 is 1.12 bits per heavy atom. The van der Waals surface area contributed by atoms with Gasteiger partial charge in [-0.2, -0.15) is 4.31 Å². The Labute approximate surface area is 147 Å². The molecule has 9 heteroatoms. The highest BCUT2D eigenvalue weighted by atomic mass is 32.2. The summed E-state index contributed by atoms with van der Waals surface area (Å²) in [5, 5.41) is 2.89. The van der Waals surface area contributed by atoms with Crippen molar-refractivity contribution < 1.29 is 18.0 Å². The van der Waals surface area contributed by atoms with Crippen LogP contribution in [-0.4, -0.2) is 74.6 Å². The van der Waals surface area contributed by atoms with Crippen LogP contribution in [0.2, 0.25) is 0 Å². The molecule has 2 saturated heterocycles. The predicted octanol–water partition coefficient (Wildman–Crippen LogP) is 0.0787. The Hall–Kier alpha value is -2.13. The van der Waals surface area contributed by atoms with E-state index in [0.717, 1.165) is 5.69 Å². The Morgan fingerprint density at radius 2 is 1.76 bits per heavy atom. The minimum absolute atomic E-state index is 0.0154. The minimum Gasteiger partial charge on any atom is -0.333 e. The van der Waals surface area contributed by atoms with Crippen molar-refractivity contribution in [3.05, 3.63) is 30.3 Å². The number of hydrogen-bond acceptors (Lipinski definition) is 4. The number of carbonyl (C=O) groups excluding carboxylic acids is 2. The lowest BCUT2D eigenvalue weighted by Gasteiger charge is -2.33. The van der Waals surface area contributed by atoms with Crippen LogP contribution in [-0.2, 0) is 14.8 Å². The fourth-order valence-electron chi connectivity index (χ4n) is 3.15. The molecule has 2 aliphatic rings. The molecule has 1 aromatic carbocycles. The highest BCUT2D eigenvalue weighted by Gasteiger charge is 2.33. The smallest absolute Gasteiger partial charge is 0.317 e. The maximum atomic E-state index is 12.4. The number of amides is 3. The summed E-state index contributed by atoms with van der Waals surface area (Å²) in [4.78, 5) is 27.8. The Kier molecular flexibility index (Phi) is 4.96. The molecule has 0 saturated carbocycles. The molecule has 0 aromatic heterocycles. The number of carbonyl (C=O) groups is 2. The normalized spacial score (nSPS) is 22.3. The van der Waals surface area contributed by atoms with Crippen LogP contribution in [0.3, 0.4) is 0 Å². The minimum atomic E-state index is -3.22. The van der Waals surface area contributed by atoms with Crippen LogP contribution in [0, 0.1) is 0 Å². The molecule has 1 aromatic rings. The number of hydrogen-bond donors (Lipinski definition) is 1. The number of benzene rings is 1. The molecule has 0 radical (unpaired) electrons. The molecule has 3 amide bonds. The first kappa shape index (κ1) is 17.7. The Morgan fingerprint density at radius 3 is 2.36 bits per heavy atom. The quantitative estimate of drug-likeness (QED) is 0.820. The number of rotatable bonds is 3. The third-order valence-corrected chi connectivity index (χ3v) is 5.82. The highest BCUT2D eigenvalue weighted by molar-refractivity contribution is 7.88. The first-order chi connectivity index (χ1) is 11.8. The summed E-state index contributed by atoms with van der Waals surface area (Å²) < 4.78 is 24.4. The summed E-state index contributed by atoms with van der Waals surface area (Å²) in [6.45, 7) is 1.74. The molecule has 2 fully saturated rings. The molecular weight excluding hydrogens is 344 g/mol. The number of piperazine rings is 1. The van der Waals surface area contributed by atoms with Crippen molar-refractivity contribution in [2.24, 2.45) is 0 Å². The van der Waals surface area contributed by atoms with Gasteiger partial charge in [0.15, 0.2) is 0 Å². The van der Waals surface area contributed by atoms with Gasteiger partial charge in [-0.25, -0.2) is 13.2 Å². The van der Waals surface area contributed by atoms with E-state index in [0.29, 0.717) is 32.7 Å². The summed E-state index contributed by atoms with van der Waals surface area (Å²) in [5.41, 5.74) is 0.825. The van der Waals surface area contributed by atoms with E-state index < -0.39 is 10.0 Å². The van der Waals surface area contributed by atoms with Gasteiger partial charge in [0.25, 0.3) is 0 Å². The van der Waals surface area contributed by atoms with Crippen molar-refractivity contribution >= 4 is 27.6 Å². The SMILES string of the molecule is CS(=O)(=O)N1CCN(C(=O)NC2CC(=O)N(c3ccccc3)C2)CC1. The molecule has 3 rings (SSSR count). The second kappa shape index (κ2) is 7.01. The summed E-state index contributed by atoms with van der Waals surface area (Å²) >= 11 is 0. The van der Waals surface area contributed by atoms with Crippen LogP contribution in [0.15, 0.2) is 30.3 Å². The summed E-state index contributed by atoms with van der Waals surface area (Å²) in [6.07, 6.45) is 1.44. The molecule has 1 atom stereocenters. The van der Waals surface area contributed by atoms with Crippen molar-refractivity contribution in [1.82, 2.24) is 14.5 Å². The van der Waals surface area contributed by atoms with E-state index >= 15 is 0 Å². The van der Waals surface area contributed by atoms with Crippen LogP contribution in [0.4, 0.5) is 10.5 Å². The molecule has 2 heterocycles. The second-order valence-corrected chi connectivity index (χ2v) is 8.32. The number of nitrogens with zero attached hydrogens (tertiary/aromatic N) is 3. The van der Waals surface area contributed by atoms with Gasteiger partial charge < -0.3 is 15.1 Å². The zero-order valence-electron chi connectivity index (χ0n) is 14.1. The van der Waals surface area contributed by atoms with E-state index in [1.165, 1.54) is 10.6 Å². The third-order valence-electron chi connectivity index (χ3n) is 4.52. The van der Waals surface area contributed by atoms with Gasteiger partial charge in [-0.15, -0.1) is 0 Å². The molecule has 136 valence electrons. The molecule has 0 aliphatic carbocycles. The zero-order chi connectivity index (χ0) is 18.0. The molecular formula is C16H22N4O4S. The predicted molar refractivity (Wildman–Crippen MR) is 93.7 cm³/mol. The number of sulfonamides is 1. The molecule has 25 heavy (non-hydrogen) atoms. The van der Waals surface area contributed by atoms with Gasteiger partial charge in [-0.1, -0.05) is 18.2 Å². The number of urea groups is 1. The standard InChI is InChI=1S/C16H22N4O4S/c1-25(23,24)19-9-7-18(8-10-19)16(22)17-13-11-15(21)20(12-13)14-5-3-2-4-6-14/h2-6,13H,7-12H2,1H3,(H,17,22). The third kappa shape index (κ3) is 4.10. The van der Waals surface area contributed by atoms with Gasteiger partial charge in [0.2, 0.25) is 15.9 Å². The van der Waals surface area contributed by atoms with Crippen molar-refractivity contribution in [2.45, 2.75) is 12.5 Å². The lowest BCUT2D eigenvalue weighted by molar-refractivity contribution is -0.117. The van der Waals surface area contributed by atoms with Crippen LogP contribution in [0.5, 0.6) is 0 Å². The second-order valence-electron chi connectivity index (χ2n) is 6.34. The zero-order valence-corrected chi connectivity index (χ0v) is 14.9. The Bertz CT molecular complexity index is 745. The molecule has 8 nitrogen and oxygen atoms in total. The van der Waals surface area contributed by atoms with Gasteiger partial charge in [-0.3, -0.25) is 4.79 Å². The number of anilines is 1. The van der Waals surface area contributed by atoms with E-state index in [1.54, 1.807) is 9.80 Å². The highest BCUT2D eigenvalue weighted by Crippen LogP contribution is 2.21. The van der Waals surface area contributed by atoms with Crippen molar-refractivity contribution in [3.8, 4) is 0 Å². The van der Waals surface area contributed by atoms with Gasteiger partial charge in [0, 0.05) is 44.8 Å². The van der Waals surface area contributed by atoms with E-state index in [1.807, 2.05) is 30.3 Å². The molecule has 0 spiro atoms. The topological polar surface area (TPSA) is 90.0 Å². The first-order valence-electron chi connectivity index (χ1n) is 8.20. The van der Waals surface area contributed by atoms with Crippen molar-refractivity contribution in [1.29, 1.82) is 0 Å². The monoisotopic (exact) mass is 366 g/mol. The summed E-state index contributed by atoms with van der Waals surface area (Å²) in [5.74, 6) is -0.0154. The van der Waals surface area contributed by atoms with Crippen LogP contribution in [0.25, 0.3) is 0 Å². The number of nitrogens with one attached hydrogen (secondary N) is 1. The first-order valence-corrected chi connectivity index (χ1v) is 10.1.